The molecule has 94 valence electrons. The molecular weight excluding hydrogens is 226 g/mol. The molecule has 0 aliphatic heterocycles. The lowest BCUT2D eigenvalue weighted by molar-refractivity contribution is -0.145. The Hall–Kier alpha value is -0.260. The second-order valence-corrected chi connectivity index (χ2v) is 5.05. The van der Waals surface area contributed by atoms with E-state index in [4.69, 9.17) is 9.84 Å². The summed E-state index contributed by atoms with van der Waals surface area (Å²) in [5, 5.41) is 12.0. The van der Waals surface area contributed by atoms with E-state index in [0.717, 1.165) is 30.8 Å². The maximum atomic E-state index is 11.6. The van der Waals surface area contributed by atoms with Gasteiger partial charge in [-0.05, 0) is 31.9 Å². The zero-order chi connectivity index (χ0) is 11.8. The van der Waals surface area contributed by atoms with Gasteiger partial charge in [-0.15, -0.1) is 0 Å². The fraction of sp³-hybridized carbons (Fsp3) is 0.909. The number of hydrogen-bond donors (Lipinski definition) is 2. The van der Waals surface area contributed by atoms with Gasteiger partial charge in [0.15, 0.2) is 0 Å². The minimum atomic E-state index is -0.184. The van der Waals surface area contributed by atoms with Crippen molar-refractivity contribution in [1.82, 2.24) is 5.32 Å². The van der Waals surface area contributed by atoms with Crippen LogP contribution in [0.25, 0.3) is 0 Å². The summed E-state index contributed by atoms with van der Waals surface area (Å²) in [7, 11) is 0. The summed E-state index contributed by atoms with van der Waals surface area (Å²) in [5.74, 6) is 1.47. The van der Waals surface area contributed by atoms with Gasteiger partial charge in [-0.25, -0.2) is 0 Å². The summed E-state index contributed by atoms with van der Waals surface area (Å²) in [6, 6.07) is 0.323. The first-order valence-electron chi connectivity index (χ1n) is 5.89. The highest BCUT2D eigenvalue weighted by molar-refractivity contribution is 7.99. The number of thioether (sulfide) groups is 1. The molecule has 0 aromatic heterocycles. The third-order valence-corrected chi connectivity index (χ3v) is 3.46. The second-order valence-electron chi connectivity index (χ2n) is 3.90. The van der Waals surface area contributed by atoms with Gasteiger partial charge < -0.3 is 15.2 Å². The van der Waals surface area contributed by atoms with Gasteiger partial charge in [0.1, 0.15) is 6.04 Å². The number of carbonyl (C=O) groups excluding carboxylic acids is 1. The van der Waals surface area contributed by atoms with Crippen molar-refractivity contribution < 1.29 is 14.6 Å². The first-order chi connectivity index (χ1) is 7.77. The molecule has 0 bridgehead atoms. The van der Waals surface area contributed by atoms with Crippen LogP contribution < -0.4 is 5.32 Å². The van der Waals surface area contributed by atoms with Crippen molar-refractivity contribution in [3.63, 3.8) is 0 Å². The Kier molecular flexibility index (Phi) is 6.84. The van der Waals surface area contributed by atoms with E-state index >= 15 is 0 Å². The Morgan fingerprint density at radius 3 is 2.94 bits per heavy atom. The van der Waals surface area contributed by atoms with Crippen molar-refractivity contribution in [2.24, 2.45) is 0 Å². The number of ether oxygens (including phenoxy) is 1. The highest BCUT2D eigenvalue weighted by Crippen LogP contribution is 2.20. The molecule has 4 nitrogen and oxygen atoms in total. The van der Waals surface area contributed by atoms with Crippen LogP contribution in [0.15, 0.2) is 0 Å². The van der Waals surface area contributed by atoms with Gasteiger partial charge in [0.2, 0.25) is 0 Å². The van der Waals surface area contributed by atoms with Gasteiger partial charge in [0.25, 0.3) is 0 Å². The van der Waals surface area contributed by atoms with E-state index in [1.54, 1.807) is 11.8 Å². The van der Waals surface area contributed by atoms with Crippen molar-refractivity contribution in [2.45, 2.75) is 38.3 Å². The number of esters is 1. The van der Waals surface area contributed by atoms with E-state index in [-0.39, 0.29) is 18.6 Å². The van der Waals surface area contributed by atoms with Gasteiger partial charge in [-0.2, -0.15) is 11.8 Å². The van der Waals surface area contributed by atoms with E-state index in [1.807, 2.05) is 6.92 Å². The second kappa shape index (κ2) is 7.92. The summed E-state index contributed by atoms with van der Waals surface area (Å²) in [6.07, 6.45) is 3.11. The van der Waals surface area contributed by atoms with Crippen molar-refractivity contribution in [3.8, 4) is 0 Å². The van der Waals surface area contributed by atoms with Crippen LogP contribution >= 0.6 is 11.8 Å². The Bertz CT molecular complexity index is 209. The van der Waals surface area contributed by atoms with Crippen molar-refractivity contribution in [1.29, 1.82) is 0 Å². The van der Waals surface area contributed by atoms with E-state index in [1.165, 1.54) is 0 Å². The number of aliphatic hydroxyl groups excluding tert-OH is 1. The van der Waals surface area contributed by atoms with Crippen LogP contribution in [0.2, 0.25) is 0 Å². The van der Waals surface area contributed by atoms with Crippen LogP contribution in [0.3, 0.4) is 0 Å². The van der Waals surface area contributed by atoms with Crippen LogP contribution in [0.4, 0.5) is 0 Å². The quantitative estimate of drug-likeness (QED) is 0.466. The monoisotopic (exact) mass is 247 g/mol. The maximum absolute atomic E-state index is 11.6. The molecule has 1 aliphatic carbocycles. The zero-order valence-electron chi connectivity index (χ0n) is 9.78. The van der Waals surface area contributed by atoms with Crippen molar-refractivity contribution in [3.05, 3.63) is 0 Å². The molecule has 1 rings (SSSR count). The first kappa shape index (κ1) is 13.8. The minimum absolute atomic E-state index is 0.147. The van der Waals surface area contributed by atoms with E-state index in [2.05, 4.69) is 5.32 Å². The molecule has 0 heterocycles. The van der Waals surface area contributed by atoms with Crippen LogP contribution in [-0.2, 0) is 9.53 Å². The Morgan fingerprint density at radius 1 is 1.62 bits per heavy atom. The predicted molar refractivity (Wildman–Crippen MR) is 65.6 cm³/mol. The summed E-state index contributed by atoms with van der Waals surface area (Å²) in [5.41, 5.74) is 0. The van der Waals surface area contributed by atoms with E-state index < -0.39 is 0 Å². The van der Waals surface area contributed by atoms with Crippen molar-refractivity contribution >= 4 is 17.7 Å². The molecule has 0 radical (unpaired) electrons. The minimum Gasteiger partial charge on any atom is -0.465 e. The Morgan fingerprint density at radius 2 is 2.38 bits per heavy atom. The molecule has 1 aliphatic rings. The number of nitrogens with one attached hydrogen (secondary N) is 1. The number of rotatable bonds is 9. The highest BCUT2D eigenvalue weighted by atomic mass is 32.2. The first-order valence-corrected chi connectivity index (χ1v) is 7.04. The summed E-state index contributed by atoms with van der Waals surface area (Å²) in [4.78, 5) is 11.6. The Labute approximate surface area is 101 Å². The van der Waals surface area contributed by atoms with E-state index in [9.17, 15) is 4.79 Å². The Balaban J connectivity index is 2.22. The lowest BCUT2D eigenvalue weighted by atomic mass is 10.3. The summed E-state index contributed by atoms with van der Waals surface area (Å²) in [6.45, 7) is 2.47. The zero-order valence-corrected chi connectivity index (χ0v) is 10.6. The molecule has 0 amide bonds. The van der Waals surface area contributed by atoms with Crippen LogP contribution in [0, 0.1) is 0 Å². The lowest BCUT2D eigenvalue weighted by Gasteiger charge is -2.16. The van der Waals surface area contributed by atoms with E-state index in [0.29, 0.717) is 12.6 Å². The summed E-state index contributed by atoms with van der Waals surface area (Å²) < 4.78 is 5.03. The number of carbonyl (C=O) groups is 1. The third kappa shape index (κ3) is 5.72. The average molecular weight is 247 g/mol. The molecule has 1 fully saturated rings. The van der Waals surface area contributed by atoms with Gasteiger partial charge in [-0.3, -0.25) is 4.79 Å². The number of aliphatic hydroxyl groups is 1. The fourth-order valence-electron chi connectivity index (χ4n) is 1.33. The molecule has 5 heteroatoms. The van der Waals surface area contributed by atoms with Crippen LogP contribution in [0.5, 0.6) is 0 Å². The largest absolute Gasteiger partial charge is 0.465 e. The SMILES string of the molecule is CCOC(=O)C(CSCCCO)NC1CC1. The molecule has 1 saturated carbocycles. The molecule has 0 spiro atoms. The van der Waals surface area contributed by atoms with Gasteiger partial charge in [0, 0.05) is 18.4 Å². The topological polar surface area (TPSA) is 58.6 Å². The van der Waals surface area contributed by atoms with Gasteiger partial charge >= 0.3 is 5.97 Å². The van der Waals surface area contributed by atoms with Crippen LogP contribution in [0.1, 0.15) is 26.2 Å². The number of hydrogen-bond acceptors (Lipinski definition) is 5. The van der Waals surface area contributed by atoms with Gasteiger partial charge in [-0.1, -0.05) is 0 Å². The smallest absolute Gasteiger partial charge is 0.323 e. The molecular formula is C11H21NO3S. The van der Waals surface area contributed by atoms with Gasteiger partial charge in [0.05, 0.1) is 6.61 Å². The predicted octanol–water partition coefficient (Wildman–Crippen LogP) is 0.786. The third-order valence-electron chi connectivity index (χ3n) is 2.32. The molecule has 16 heavy (non-hydrogen) atoms. The highest BCUT2D eigenvalue weighted by Gasteiger charge is 2.28. The summed E-state index contributed by atoms with van der Waals surface area (Å²) >= 11 is 1.69. The standard InChI is InChI=1S/C11H21NO3S/c1-2-15-11(14)10(12-9-4-5-9)8-16-7-3-6-13/h9-10,12-13H,2-8H2,1H3. The molecule has 2 N–H and O–H groups in total. The van der Waals surface area contributed by atoms with Crippen molar-refractivity contribution in [2.75, 3.05) is 24.7 Å². The normalized spacial score (nSPS) is 17.1. The molecule has 1 atom stereocenters. The fourth-order valence-corrected chi connectivity index (χ4v) is 2.30. The molecule has 1 unspecified atom stereocenters. The molecule has 0 aromatic carbocycles. The lowest BCUT2D eigenvalue weighted by Crippen LogP contribution is -2.41. The molecule has 0 saturated heterocycles. The van der Waals surface area contributed by atoms with Crippen LogP contribution in [-0.4, -0.2) is 47.9 Å². The maximum Gasteiger partial charge on any atom is 0.323 e. The molecule has 0 aromatic rings. The average Bonchev–Trinajstić information content (AvgIpc) is 3.07.